The van der Waals surface area contributed by atoms with Gasteiger partial charge in [-0.25, -0.2) is 17.7 Å². The van der Waals surface area contributed by atoms with Crippen LogP contribution in [0.15, 0.2) is 53.4 Å². The number of imidazole rings is 1. The number of fused-ring (bicyclic) bond motifs is 1. The zero-order valence-corrected chi connectivity index (χ0v) is 15.8. The Morgan fingerprint density at radius 2 is 1.76 bits per heavy atom. The third-order valence-electron chi connectivity index (χ3n) is 4.05. The van der Waals surface area contributed by atoms with Gasteiger partial charge < -0.3 is 17.4 Å². The monoisotopic (exact) mass is 378 g/mol. The molecule has 0 amide bonds. The van der Waals surface area contributed by atoms with Gasteiger partial charge in [0.05, 0.1) is 15.9 Å². The molecule has 0 unspecified atom stereocenters. The van der Waals surface area contributed by atoms with E-state index >= 15 is 0 Å². The molecule has 134 valence electrons. The molecule has 2 aromatic carbocycles. The molecule has 0 spiro atoms. The first kappa shape index (κ1) is 19.4. The lowest BCUT2D eigenvalue weighted by Crippen LogP contribution is -3.00. The molecule has 0 aliphatic heterocycles. The molecule has 0 aliphatic carbocycles. The molecule has 3 rings (SSSR count). The largest absolute Gasteiger partial charge is 1.00 e. The molecular weight excluding hydrogens is 358 g/mol. The van der Waals surface area contributed by atoms with E-state index in [-0.39, 0.29) is 12.4 Å². The Morgan fingerprint density at radius 1 is 1.08 bits per heavy atom. The van der Waals surface area contributed by atoms with Crippen molar-refractivity contribution < 1.29 is 20.8 Å². The Morgan fingerprint density at radius 3 is 2.44 bits per heavy atom. The SMILES string of the molecule is Cc1ccc(S(=O)(=O)N(C)CCCc2nc3ccccc3[nH]2)cc1.[Cl-]. The second-order valence-electron chi connectivity index (χ2n) is 5.94. The molecule has 0 fully saturated rings. The van der Waals surface area contributed by atoms with Crippen LogP contribution in [-0.4, -0.2) is 36.3 Å². The van der Waals surface area contributed by atoms with Crippen LogP contribution >= 0.6 is 0 Å². The Hall–Kier alpha value is -1.89. The molecule has 0 radical (unpaired) electrons. The highest BCUT2D eigenvalue weighted by Gasteiger charge is 2.20. The van der Waals surface area contributed by atoms with Crippen molar-refractivity contribution in [3.63, 3.8) is 0 Å². The van der Waals surface area contributed by atoms with Crippen LogP contribution in [-0.2, 0) is 16.4 Å². The number of para-hydroxylation sites is 2. The Labute approximate surface area is 154 Å². The predicted octanol–water partition coefficient (Wildman–Crippen LogP) is 0.129. The van der Waals surface area contributed by atoms with Gasteiger partial charge in [-0.2, -0.15) is 0 Å². The molecule has 0 aliphatic rings. The first-order valence-corrected chi connectivity index (χ1v) is 9.37. The number of aromatic nitrogens is 2. The lowest BCUT2D eigenvalue weighted by molar-refractivity contribution is -0.00000761. The second kappa shape index (κ2) is 7.99. The molecule has 1 heterocycles. The summed E-state index contributed by atoms with van der Waals surface area (Å²) in [5, 5.41) is 0. The summed E-state index contributed by atoms with van der Waals surface area (Å²) in [5.74, 6) is 0.886. The summed E-state index contributed by atoms with van der Waals surface area (Å²) in [6.45, 7) is 2.39. The molecule has 3 aromatic rings. The number of aryl methyl sites for hydroxylation is 2. The number of nitrogens with zero attached hydrogens (tertiary/aromatic N) is 2. The number of nitrogens with one attached hydrogen (secondary N) is 1. The first-order chi connectivity index (χ1) is 11.5. The zero-order chi connectivity index (χ0) is 17.2. The van der Waals surface area contributed by atoms with Crippen LogP contribution in [0.4, 0.5) is 0 Å². The standard InChI is InChI=1S/C18H21N3O2S.ClH/c1-14-9-11-15(12-10-14)24(22,23)21(2)13-5-8-18-19-16-6-3-4-7-17(16)20-18;/h3-4,6-7,9-12H,5,8,13H2,1-2H3,(H,19,20);1H/p-1. The van der Waals surface area contributed by atoms with Crippen LogP contribution in [0, 0.1) is 6.92 Å². The summed E-state index contributed by atoms with van der Waals surface area (Å²) in [4.78, 5) is 8.12. The van der Waals surface area contributed by atoms with Crippen LogP contribution in [0.3, 0.4) is 0 Å². The fourth-order valence-corrected chi connectivity index (χ4v) is 3.81. The molecular formula is C18H21ClN3O2S-. The fourth-order valence-electron chi connectivity index (χ4n) is 2.60. The van der Waals surface area contributed by atoms with E-state index in [0.717, 1.165) is 22.4 Å². The zero-order valence-electron chi connectivity index (χ0n) is 14.2. The van der Waals surface area contributed by atoms with Gasteiger partial charge in [-0.15, -0.1) is 0 Å². The van der Waals surface area contributed by atoms with E-state index in [0.29, 0.717) is 24.3 Å². The van der Waals surface area contributed by atoms with Crippen LogP contribution in [0.1, 0.15) is 17.8 Å². The Bertz CT molecular complexity index is 903. The molecule has 7 heteroatoms. The van der Waals surface area contributed by atoms with E-state index in [1.54, 1.807) is 19.2 Å². The quantitative estimate of drug-likeness (QED) is 0.663. The first-order valence-electron chi connectivity index (χ1n) is 7.93. The van der Waals surface area contributed by atoms with E-state index in [2.05, 4.69) is 9.97 Å². The molecule has 25 heavy (non-hydrogen) atoms. The molecule has 0 atom stereocenters. The average molecular weight is 379 g/mol. The average Bonchev–Trinajstić information content (AvgIpc) is 2.97. The minimum atomic E-state index is -3.43. The molecule has 0 saturated heterocycles. The normalized spacial score (nSPS) is 11.6. The highest BCUT2D eigenvalue weighted by atomic mass is 35.5. The van der Waals surface area contributed by atoms with E-state index < -0.39 is 10.0 Å². The number of aromatic amines is 1. The topological polar surface area (TPSA) is 66.1 Å². The van der Waals surface area contributed by atoms with Gasteiger partial charge in [-0.3, -0.25) is 0 Å². The van der Waals surface area contributed by atoms with Crippen molar-refractivity contribution in [2.75, 3.05) is 13.6 Å². The molecule has 0 saturated carbocycles. The van der Waals surface area contributed by atoms with Gasteiger partial charge in [0.1, 0.15) is 5.82 Å². The van der Waals surface area contributed by atoms with Crippen LogP contribution in [0.2, 0.25) is 0 Å². The smallest absolute Gasteiger partial charge is 0.242 e. The lowest BCUT2D eigenvalue weighted by atomic mass is 10.2. The summed E-state index contributed by atoms with van der Waals surface area (Å²) in [6, 6.07) is 14.8. The summed E-state index contributed by atoms with van der Waals surface area (Å²) in [5.41, 5.74) is 2.99. The number of rotatable bonds is 6. The third kappa shape index (κ3) is 4.39. The van der Waals surface area contributed by atoms with Gasteiger partial charge in [0.25, 0.3) is 0 Å². The van der Waals surface area contributed by atoms with Crippen molar-refractivity contribution in [2.45, 2.75) is 24.7 Å². The van der Waals surface area contributed by atoms with Crippen molar-refractivity contribution in [3.8, 4) is 0 Å². The maximum Gasteiger partial charge on any atom is 0.242 e. The molecule has 1 aromatic heterocycles. The number of hydrogen-bond donors (Lipinski definition) is 1. The van der Waals surface area contributed by atoms with Crippen LogP contribution in [0.5, 0.6) is 0 Å². The number of benzene rings is 2. The van der Waals surface area contributed by atoms with E-state index in [9.17, 15) is 8.42 Å². The van der Waals surface area contributed by atoms with E-state index in [1.165, 1.54) is 4.31 Å². The Balaban J connectivity index is 0.00000225. The number of halogens is 1. The van der Waals surface area contributed by atoms with E-state index in [1.807, 2.05) is 43.3 Å². The van der Waals surface area contributed by atoms with Crippen molar-refractivity contribution >= 4 is 21.1 Å². The number of H-pyrrole nitrogens is 1. The molecule has 1 N–H and O–H groups in total. The highest BCUT2D eigenvalue weighted by molar-refractivity contribution is 7.89. The van der Waals surface area contributed by atoms with Crippen LogP contribution in [0.25, 0.3) is 11.0 Å². The van der Waals surface area contributed by atoms with Gasteiger partial charge in [-0.05, 0) is 37.6 Å². The lowest BCUT2D eigenvalue weighted by Gasteiger charge is -2.17. The van der Waals surface area contributed by atoms with Gasteiger partial charge in [0.2, 0.25) is 10.0 Å². The maximum atomic E-state index is 12.5. The molecule has 0 bridgehead atoms. The summed E-state index contributed by atoms with van der Waals surface area (Å²) in [7, 11) is -1.81. The second-order valence-corrected chi connectivity index (χ2v) is 7.99. The van der Waals surface area contributed by atoms with Crippen LogP contribution < -0.4 is 12.4 Å². The number of sulfonamides is 1. The fraction of sp³-hybridized carbons (Fsp3) is 0.278. The molecule has 5 nitrogen and oxygen atoms in total. The minimum Gasteiger partial charge on any atom is -1.00 e. The van der Waals surface area contributed by atoms with Crippen molar-refractivity contribution in [2.24, 2.45) is 0 Å². The Kier molecular flexibility index (Phi) is 6.21. The summed E-state index contributed by atoms with van der Waals surface area (Å²) >= 11 is 0. The van der Waals surface area contributed by atoms with Gasteiger partial charge in [0.15, 0.2) is 0 Å². The van der Waals surface area contributed by atoms with Gasteiger partial charge in [-0.1, -0.05) is 29.8 Å². The van der Waals surface area contributed by atoms with Crippen molar-refractivity contribution in [1.82, 2.24) is 14.3 Å². The van der Waals surface area contributed by atoms with Gasteiger partial charge >= 0.3 is 0 Å². The minimum absolute atomic E-state index is 0. The summed E-state index contributed by atoms with van der Waals surface area (Å²) < 4.78 is 26.5. The van der Waals surface area contributed by atoms with Crippen molar-refractivity contribution in [3.05, 3.63) is 59.9 Å². The summed E-state index contributed by atoms with van der Waals surface area (Å²) in [6.07, 6.45) is 1.42. The maximum absolute atomic E-state index is 12.5. The van der Waals surface area contributed by atoms with Gasteiger partial charge in [0, 0.05) is 20.0 Å². The highest BCUT2D eigenvalue weighted by Crippen LogP contribution is 2.16. The number of hydrogen-bond acceptors (Lipinski definition) is 3. The predicted molar refractivity (Wildman–Crippen MR) is 95.4 cm³/mol. The van der Waals surface area contributed by atoms with E-state index in [4.69, 9.17) is 0 Å². The third-order valence-corrected chi connectivity index (χ3v) is 5.93. The van der Waals surface area contributed by atoms with Crippen molar-refractivity contribution in [1.29, 1.82) is 0 Å².